The fourth-order valence-electron chi connectivity index (χ4n) is 2.05. The molecule has 25 heavy (non-hydrogen) atoms. The molecule has 6 nitrogen and oxygen atoms in total. The fourth-order valence-corrected chi connectivity index (χ4v) is 2.64. The van der Waals surface area contributed by atoms with Crippen molar-refractivity contribution in [3.63, 3.8) is 0 Å². The van der Waals surface area contributed by atoms with E-state index in [1.54, 1.807) is 24.4 Å². The van der Waals surface area contributed by atoms with Gasteiger partial charge in [0, 0.05) is 17.1 Å². The molecule has 2 rings (SSSR count). The van der Waals surface area contributed by atoms with Gasteiger partial charge in [0.1, 0.15) is 0 Å². The zero-order valence-corrected chi connectivity index (χ0v) is 14.0. The van der Waals surface area contributed by atoms with Crippen LogP contribution in [0.15, 0.2) is 35.8 Å². The summed E-state index contributed by atoms with van der Waals surface area (Å²) in [6.45, 7) is 1.57. The zero-order chi connectivity index (χ0) is 18.7. The lowest BCUT2D eigenvalue weighted by molar-refractivity contribution is -0.203. The average molecular weight is 373 g/mol. The van der Waals surface area contributed by atoms with Crippen LogP contribution in [0.25, 0.3) is 0 Å². The van der Waals surface area contributed by atoms with Gasteiger partial charge in [-0.15, -0.1) is 11.3 Å². The van der Waals surface area contributed by atoms with Gasteiger partial charge in [0.25, 0.3) is 5.91 Å². The topological polar surface area (TPSA) is 80.3 Å². The Morgan fingerprint density at radius 1 is 1.24 bits per heavy atom. The van der Waals surface area contributed by atoms with Gasteiger partial charge >= 0.3 is 17.8 Å². The van der Waals surface area contributed by atoms with Gasteiger partial charge in [0.05, 0.1) is 7.11 Å². The number of carbonyl (C=O) groups is 2. The Morgan fingerprint density at radius 3 is 2.44 bits per heavy atom. The SMILES string of the molecule is COC(=O)C(NC(=O)c1ccccc1C)(Nc1nccs1)C(F)(F)F. The number of esters is 1. The first-order valence-corrected chi connectivity index (χ1v) is 7.80. The number of nitrogens with zero attached hydrogens (tertiary/aromatic N) is 1. The number of carbonyl (C=O) groups excluding carboxylic acids is 2. The molecule has 0 fully saturated rings. The summed E-state index contributed by atoms with van der Waals surface area (Å²) in [7, 11) is 0.798. The first-order valence-electron chi connectivity index (χ1n) is 6.92. The molecule has 0 aliphatic heterocycles. The van der Waals surface area contributed by atoms with Crippen molar-refractivity contribution < 1.29 is 27.5 Å². The summed E-state index contributed by atoms with van der Waals surface area (Å²) < 4.78 is 45.6. The molecule has 2 N–H and O–H groups in total. The number of thiazole rings is 1. The number of aromatic nitrogens is 1. The van der Waals surface area contributed by atoms with Crippen LogP contribution in [0, 0.1) is 6.92 Å². The molecular weight excluding hydrogens is 359 g/mol. The highest BCUT2D eigenvalue weighted by Gasteiger charge is 2.64. The number of aryl methyl sites for hydroxylation is 1. The standard InChI is InChI=1S/C15H14F3N3O3S/c1-9-5-3-4-6-10(9)11(22)20-14(12(23)24-2,15(16,17)18)21-13-19-7-8-25-13/h3-8H,1-2H3,(H,19,21)(H,20,22). The molecule has 1 aromatic heterocycles. The molecule has 1 unspecified atom stereocenters. The second-order valence-corrected chi connectivity index (χ2v) is 5.87. The van der Waals surface area contributed by atoms with E-state index in [2.05, 4.69) is 9.72 Å². The van der Waals surface area contributed by atoms with Crippen molar-refractivity contribution in [2.45, 2.75) is 18.8 Å². The summed E-state index contributed by atoms with van der Waals surface area (Å²) in [5.74, 6) is -2.79. The molecule has 0 aliphatic carbocycles. The van der Waals surface area contributed by atoms with E-state index in [9.17, 15) is 22.8 Å². The molecule has 1 amide bonds. The Hall–Kier alpha value is -2.62. The highest BCUT2D eigenvalue weighted by molar-refractivity contribution is 7.13. The molecule has 134 valence electrons. The van der Waals surface area contributed by atoms with Crippen LogP contribution in [-0.4, -0.2) is 35.8 Å². The monoisotopic (exact) mass is 373 g/mol. The molecule has 1 aromatic carbocycles. The fraction of sp³-hybridized carbons (Fsp3) is 0.267. The third-order valence-electron chi connectivity index (χ3n) is 3.33. The van der Waals surface area contributed by atoms with Gasteiger partial charge in [-0.1, -0.05) is 18.2 Å². The number of benzene rings is 1. The zero-order valence-electron chi connectivity index (χ0n) is 13.2. The molecule has 0 aliphatic rings. The van der Waals surface area contributed by atoms with E-state index in [1.165, 1.54) is 23.7 Å². The minimum atomic E-state index is -5.19. The molecule has 2 aromatic rings. The first kappa shape index (κ1) is 18.7. The summed E-state index contributed by atoms with van der Waals surface area (Å²) in [6.07, 6.45) is -3.93. The largest absolute Gasteiger partial charge is 0.466 e. The second kappa shape index (κ2) is 7.09. The van der Waals surface area contributed by atoms with Gasteiger partial charge in [0.15, 0.2) is 5.13 Å². The molecular formula is C15H14F3N3O3S. The van der Waals surface area contributed by atoms with Crippen LogP contribution in [0.5, 0.6) is 0 Å². The van der Waals surface area contributed by atoms with Crippen LogP contribution in [0.3, 0.4) is 0 Å². The molecule has 0 bridgehead atoms. The van der Waals surface area contributed by atoms with E-state index in [0.717, 1.165) is 18.4 Å². The third-order valence-corrected chi connectivity index (χ3v) is 4.02. The highest BCUT2D eigenvalue weighted by Crippen LogP contribution is 2.34. The second-order valence-electron chi connectivity index (χ2n) is 4.97. The molecule has 0 saturated carbocycles. The van der Waals surface area contributed by atoms with Crippen molar-refractivity contribution >= 4 is 28.3 Å². The molecule has 1 heterocycles. The average Bonchev–Trinajstić information content (AvgIpc) is 3.05. The number of alkyl halides is 3. The van der Waals surface area contributed by atoms with Crippen LogP contribution in [-0.2, 0) is 9.53 Å². The number of anilines is 1. The van der Waals surface area contributed by atoms with Crippen molar-refractivity contribution in [1.82, 2.24) is 10.3 Å². The van der Waals surface area contributed by atoms with Gasteiger partial charge in [0.2, 0.25) is 0 Å². The molecule has 0 radical (unpaired) electrons. The lowest BCUT2D eigenvalue weighted by Crippen LogP contribution is -2.69. The Morgan fingerprint density at radius 2 is 1.92 bits per heavy atom. The first-order chi connectivity index (χ1) is 11.7. The normalized spacial score (nSPS) is 13.6. The Kier molecular flexibility index (Phi) is 5.31. The molecule has 1 atom stereocenters. The number of halogens is 3. The molecule has 0 saturated heterocycles. The predicted molar refractivity (Wildman–Crippen MR) is 85.2 cm³/mol. The van der Waals surface area contributed by atoms with Gasteiger partial charge in [-0.2, -0.15) is 13.2 Å². The van der Waals surface area contributed by atoms with Crippen LogP contribution in [0.4, 0.5) is 18.3 Å². The van der Waals surface area contributed by atoms with Crippen molar-refractivity contribution in [3.05, 3.63) is 47.0 Å². The number of rotatable bonds is 5. The maximum absolute atomic E-state index is 13.8. The van der Waals surface area contributed by atoms with Gasteiger partial charge < -0.3 is 15.4 Å². The minimum absolute atomic E-state index is 0.000895. The summed E-state index contributed by atoms with van der Waals surface area (Å²) in [6, 6.07) is 6.06. The van der Waals surface area contributed by atoms with E-state index in [1.807, 2.05) is 5.32 Å². The van der Waals surface area contributed by atoms with Gasteiger partial charge in [-0.05, 0) is 18.6 Å². The minimum Gasteiger partial charge on any atom is -0.466 e. The summed E-state index contributed by atoms with van der Waals surface area (Å²) in [5.41, 5.74) is -3.02. The third kappa shape index (κ3) is 3.73. The molecule has 10 heteroatoms. The lowest BCUT2D eigenvalue weighted by atomic mass is 10.1. The smallest absolute Gasteiger partial charge is 0.442 e. The number of methoxy groups -OCH3 is 1. The Labute approximate surface area is 145 Å². The quantitative estimate of drug-likeness (QED) is 0.622. The predicted octanol–water partition coefficient (Wildman–Crippen LogP) is 2.73. The van der Waals surface area contributed by atoms with Crippen molar-refractivity contribution in [3.8, 4) is 0 Å². The van der Waals surface area contributed by atoms with Crippen LogP contribution < -0.4 is 10.6 Å². The van der Waals surface area contributed by atoms with Crippen molar-refractivity contribution in [1.29, 1.82) is 0 Å². The van der Waals surface area contributed by atoms with E-state index >= 15 is 0 Å². The lowest BCUT2D eigenvalue weighted by Gasteiger charge is -2.34. The van der Waals surface area contributed by atoms with Gasteiger partial charge in [-0.25, -0.2) is 9.78 Å². The van der Waals surface area contributed by atoms with Crippen LogP contribution in [0.2, 0.25) is 0 Å². The van der Waals surface area contributed by atoms with E-state index in [0.29, 0.717) is 5.56 Å². The number of hydrogen-bond acceptors (Lipinski definition) is 6. The highest BCUT2D eigenvalue weighted by atomic mass is 32.1. The van der Waals surface area contributed by atoms with Crippen molar-refractivity contribution in [2.24, 2.45) is 0 Å². The Balaban J connectivity index is 2.48. The van der Waals surface area contributed by atoms with Crippen LogP contribution in [0.1, 0.15) is 15.9 Å². The van der Waals surface area contributed by atoms with Crippen LogP contribution >= 0.6 is 11.3 Å². The summed E-state index contributed by atoms with van der Waals surface area (Å²) >= 11 is 0.839. The molecule has 0 spiro atoms. The maximum atomic E-state index is 13.8. The maximum Gasteiger partial charge on any atom is 0.442 e. The number of nitrogens with one attached hydrogen (secondary N) is 2. The number of ether oxygens (including phenoxy) is 1. The van der Waals surface area contributed by atoms with E-state index in [-0.39, 0.29) is 10.7 Å². The summed E-state index contributed by atoms with van der Waals surface area (Å²) in [5, 5.41) is 4.91. The van der Waals surface area contributed by atoms with Crippen molar-refractivity contribution in [2.75, 3.05) is 12.4 Å². The number of amides is 1. The van der Waals surface area contributed by atoms with E-state index in [4.69, 9.17) is 0 Å². The Bertz CT molecular complexity index is 765. The van der Waals surface area contributed by atoms with Gasteiger partial charge in [-0.3, -0.25) is 4.79 Å². The number of hydrogen-bond donors (Lipinski definition) is 2. The van der Waals surface area contributed by atoms with E-state index < -0.39 is 23.7 Å². The summed E-state index contributed by atoms with van der Waals surface area (Å²) in [4.78, 5) is 28.1.